The number of unbranched alkanes of at least 4 members (excludes halogenated alkanes) is 12. The smallest absolute Gasteiger partial charge is 0.335 e. The Balaban J connectivity index is 1.46. The van der Waals surface area contributed by atoms with Crippen LogP contribution in [0, 0.1) is 0 Å². The normalized spacial score (nSPS) is 15.5. The fourth-order valence-corrected chi connectivity index (χ4v) is 4.21. The summed E-state index contributed by atoms with van der Waals surface area (Å²) in [6.45, 7) is 3.23. The van der Waals surface area contributed by atoms with Crippen LogP contribution in [0.25, 0.3) is 0 Å². The van der Waals surface area contributed by atoms with Gasteiger partial charge in [0.2, 0.25) is 0 Å². The lowest BCUT2D eigenvalue weighted by Gasteiger charge is -2.10. The number of hydrogen-bond acceptors (Lipinski definition) is 2. The molecule has 0 aromatic heterocycles. The highest BCUT2D eigenvalue weighted by Crippen LogP contribution is 2.35. The average molecular weight is 374 g/mol. The van der Waals surface area contributed by atoms with Crippen molar-refractivity contribution in [3.8, 4) is 0 Å². The van der Waals surface area contributed by atoms with E-state index in [1.807, 2.05) is 6.07 Å². The Morgan fingerprint density at radius 1 is 0.926 bits per heavy atom. The summed E-state index contributed by atoms with van der Waals surface area (Å²) in [5, 5.41) is 12.5. The monoisotopic (exact) mass is 373 g/mol. The summed E-state index contributed by atoms with van der Waals surface area (Å²) in [4.78, 5) is 11.1. The molecule has 27 heavy (non-hydrogen) atoms. The lowest BCUT2D eigenvalue weighted by Crippen LogP contribution is -2.01. The number of carboxylic acid groups (broad SMARTS) is 1. The third kappa shape index (κ3) is 7.94. The van der Waals surface area contributed by atoms with Crippen molar-refractivity contribution in [1.82, 2.24) is 0 Å². The molecule has 0 bridgehead atoms. The van der Waals surface area contributed by atoms with E-state index in [4.69, 9.17) is 5.11 Å². The fraction of sp³-hybridized carbons (Fsp3) is 0.708. The summed E-state index contributed by atoms with van der Waals surface area (Å²) in [6.07, 6.45) is 19.3. The number of carboxylic acids is 1. The molecule has 2 rings (SSSR count). The molecule has 0 spiro atoms. The number of carbonyl (C=O) groups is 1. The molecule has 0 radical (unpaired) electrons. The molecule has 1 unspecified atom stereocenters. The Bertz CT molecular complexity index is 555. The predicted octanol–water partition coefficient (Wildman–Crippen LogP) is 7.38. The number of anilines is 1. The van der Waals surface area contributed by atoms with Crippen molar-refractivity contribution in [2.45, 2.75) is 103 Å². The van der Waals surface area contributed by atoms with Crippen molar-refractivity contribution in [1.29, 1.82) is 0 Å². The van der Waals surface area contributed by atoms with Crippen LogP contribution in [0.2, 0.25) is 0 Å². The van der Waals surface area contributed by atoms with Crippen molar-refractivity contribution < 1.29 is 9.90 Å². The van der Waals surface area contributed by atoms with Crippen LogP contribution < -0.4 is 5.32 Å². The zero-order valence-electron chi connectivity index (χ0n) is 17.3. The zero-order chi connectivity index (χ0) is 19.3. The maximum atomic E-state index is 11.1. The van der Waals surface area contributed by atoms with E-state index in [2.05, 4.69) is 12.2 Å². The summed E-state index contributed by atoms with van der Waals surface area (Å²) in [5.74, 6) is -0.296. The molecular formula is C24H39NO2. The molecule has 2 N–H and O–H groups in total. The lowest BCUT2D eigenvalue weighted by atomic mass is 9.94. The zero-order valence-corrected chi connectivity index (χ0v) is 17.3. The van der Waals surface area contributed by atoms with Gasteiger partial charge in [-0.2, -0.15) is 0 Å². The van der Waals surface area contributed by atoms with Gasteiger partial charge in [0.1, 0.15) is 0 Å². The topological polar surface area (TPSA) is 49.3 Å². The van der Waals surface area contributed by atoms with Crippen LogP contribution in [-0.4, -0.2) is 17.6 Å². The highest BCUT2D eigenvalue weighted by atomic mass is 16.4. The molecule has 1 aliphatic rings. The summed E-state index contributed by atoms with van der Waals surface area (Å²) in [7, 11) is 0. The van der Waals surface area contributed by atoms with Crippen molar-refractivity contribution in [3.63, 3.8) is 0 Å². The van der Waals surface area contributed by atoms with Crippen molar-refractivity contribution in [3.05, 3.63) is 29.3 Å². The standard InChI is InChI=1S/C24H39NO2/c1-2-3-4-5-6-7-8-9-10-11-12-13-14-15-21-19-25-23-18-20(24(26)27)16-17-22(21)23/h16-18,21,25H,2-15,19H2,1H3,(H,26,27). The Hall–Kier alpha value is -1.51. The van der Waals surface area contributed by atoms with Gasteiger partial charge in [-0.3, -0.25) is 0 Å². The molecule has 152 valence electrons. The molecule has 1 atom stereocenters. The molecule has 3 nitrogen and oxygen atoms in total. The molecule has 1 heterocycles. The van der Waals surface area contributed by atoms with Crippen molar-refractivity contribution in [2.75, 3.05) is 11.9 Å². The van der Waals surface area contributed by atoms with Crippen LogP contribution in [0.1, 0.15) is 119 Å². The van der Waals surface area contributed by atoms with Crippen molar-refractivity contribution in [2.24, 2.45) is 0 Å². The second-order valence-corrected chi connectivity index (χ2v) is 8.22. The first-order valence-electron chi connectivity index (χ1n) is 11.3. The minimum absolute atomic E-state index is 0.378. The van der Waals surface area contributed by atoms with E-state index in [0.717, 1.165) is 12.2 Å². The lowest BCUT2D eigenvalue weighted by molar-refractivity contribution is 0.0697. The number of aromatic carboxylic acids is 1. The maximum Gasteiger partial charge on any atom is 0.335 e. The molecular weight excluding hydrogens is 334 g/mol. The first-order chi connectivity index (χ1) is 13.2. The average Bonchev–Trinajstić information content (AvgIpc) is 3.07. The van der Waals surface area contributed by atoms with E-state index < -0.39 is 5.97 Å². The van der Waals surface area contributed by atoms with Gasteiger partial charge in [0.05, 0.1) is 5.56 Å². The summed E-state index contributed by atoms with van der Waals surface area (Å²) in [6, 6.07) is 5.53. The van der Waals surface area contributed by atoms with Crippen LogP contribution in [0.15, 0.2) is 18.2 Å². The molecule has 0 saturated carbocycles. The number of fused-ring (bicyclic) bond motifs is 1. The third-order valence-electron chi connectivity index (χ3n) is 5.94. The van der Waals surface area contributed by atoms with Gasteiger partial charge in [-0.15, -0.1) is 0 Å². The highest BCUT2D eigenvalue weighted by molar-refractivity contribution is 5.89. The molecule has 0 aliphatic carbocycles. The van der Waals surface area contributed by atoms with Gasteiger partial charge < -0.3 is 10.4 Å². The Morgan fingerprint density at radius 2 is 1.48 bits per heavy atom. The van der Waals surface area contributed by atoms with E-state index in [1.165, 1.54) is 95.5 Å². The van der Waals surface area contributed by atoms with Gasteiger partial charge in [0, 0.05) is 18.2 Å². The molecule has 1 aromatic carbocycles. The van der Waals surface area contributed by atoms with Crippen LogP contribution in [0.4, 0.5) is 5.69 Å². The van der Waals surface area contributed by atoms with Crippen LogP contribution >= 0.6 is 0 Å². The minimum atomic E-state index is -0.848. The predicted molar refractivity (Wildman–Crippen MR) is 115 cm³/mol. The summed E-state index contributed by atoms with van der Waals surface area (Å²) in [5.41, 5.74) is 2.70. The fourth-order valence-electron chi connectivity index (χ4n) is 4.21. The van der Waals surface area contributed by atoms with Crippen LogP contribution in [0.3, 0.4) is 0 Å². The second-order valence-electron chi connectivity index (χ2n) is 8.22. The third-order valence-corrected chi connectivity index (χ3v) is 5.94. The van der Waals surface area contributed by atoms with Gasteiger partial charge in [0.25, 0.3) is 0 Å². The quantitative estimate of drug-likeness (QED) is 0.315. The van der Waals surface area contributed by atoms with Gasteiger partial charge >= 0.3 is 5.97 Å². The number of hydrogen-bond donors (Lipinski definition) is 2. The number of nitrogens with one attached hydrogen (secondary N) is 1. The molecule has 1 aliphatic heterocycles. The van der Waals surface area contributed by atoms with Gasteiger partial charge in [-0.1, -0.05) is 96.5 Å². The van der Waals surface area contributed by atoms with Gasteiger partial charge in [0.15, 0.2) is 0 Å². The van der Waals surface area contributed by atoms with E-state index in [0.29, 0.717) is 11.5 Å². The first-order valence-corrected chi connectivity index (χ1v) is 11.3. The number of rotatable bonds is 15. The van der Waals surface area contributed by atoms with Gasteiger partial charge in [-0.25, -0.2) is 4.79 Å². The molecule has 0 fully saturated rings. The Labute approximate surface area is 166 Å². The van der Waals surface area contributed by atoms with Gasteiger partial charge in [-0.05, 0) is 24.1 Å². The van der Waals surface area contributed by atoms with E-state index in [9.17, 15) is 4.79 Å². The second kappa shape index (κ2) is 12.8. The molecule has 3 heteroatoms. The summed E-state index contributed by atoms with van der Waals surface area (Å²) >= 11 is 0. The largest absolute Gasteiger partial charge is 0.478 e. The van der Waals surface area contributed by atoms with E-state index in [1.54, 1.807) is 12.1 Å². The molecule has 0 amide bonds. The minimum Gasteiger partial charge on any atom is -0.478 e. The molecule has 0 saturated heterocycles. The Kier molecular flexibility index (Phi) is 10.3. The maximum absolute atomic E-state index is 11.1. The van der Waals surface area contributed by atoms with E-state index in [-0.39, 0.29) is 0 Å². The SMILES string of the molecule is CCCCCCCCCCCCCCCC1CNc2cc(C(=O)O)ccc21. The molecule has 1 aromatic rings. The summed E-state index contributed by atoms with van der Waals surface area (Å²) < 4.78 is 0. The van der Waals surface area contributed by atoms with Crippen LogP contribution in [0.5, 0.6) is 0 Å². The number of benzene rings is 1. The Morgan fingerprint density at radius 3 is 2.04 bits per heavy atom. The highest BCUT2D eigenvalue weighted by Gasteiger charge is 2.22. The van der Waals surface area contributed by atoms with Crippen LogP contribution in [-0.2, 0) is 0 Å². The van der Waals surface area contributed by atoms with E-state index >= 15 is 0 Å². The van der Waals surface area contributed by atoms with Crippen molar-refractivity contribution >= 4 is 11.7 Å². The first kappa shape index (κ1) is 21.8.